The summed E-state index contributed by atoms with van der Waals surface area (Å²) in [5.74, 6) is 0.658. The molecule has 0 aromatic carbocycles. The molecule has 2 aliphatic heterocycles. The van der Waals surface area contributed by atoms with Crippen molar-refractivity contribution in [1.82, 2.24) is 30.4 Å². The minimum atomic E-state index is -0.816. The molecule has 3 heterocycles. The normalized spacial score (nSPS) is 35.3. The van der Waals surface area contributed by atoms with Crippen molar-refractivity contribution in [2.45, 2.75) is 56.0 Å². The summed E-state index contributed by atoms with van der Waals surface area (Å²) in [6, 6.07) is -1.12. The van der Waals surface area contributed by atoms with E-state index in [1.807, 2.05) is 4.90 Å². The Bertz CT molecular complexity index is 760. The minimum Gasteiger partial charge on any atom is -0.480 e. The molecule has 2 saturated heterocycles. The fraction of sp³-hybridized carbons (Fsp3) is 0.833. The van der Waals surface area contributed by atoms with Crippen molar-refractivity contribution in [3.05, 3.63) is 5.82 Å². The number of nitrogens with one attached hydrogen (secondary N) is 1. The maximum absolute atomic E-state index is 11.8. The third kappa shape index (κ3) is 4.41. The predicted octanol–water partition coefficient (Wildman–Crippen LogP) is 0.282. The molecule has 0 unspecified atom stereocenters. The highest BCUT2D eigenvalue weighted by molar-refractivity contribution is 7.79. The molecule has 0 bridgehead atoms. The summed E-state index contributed by atoms with van der Waals surface area (Å²) in [6.45, 7) is 2.07. The van der Waals surface area contributed by atoms with Gasteiger partial charge >= 0.3 is 11.9 Å². The SMILES string of the molecule is O=C(O)[C@@H]1C[C@H]2C[C@@H](CN3C[C@@H](n4nnc(CS)n4)C[C@H]3C(=O)O)CC[C@H]2CN1. The molecule has 11 heteroatoms. The van der Waals surface area contributed by atoms with Crippen LogP contribution in [-0.4, -0.2) is 79.0 Å². The first-order valence-electron chi connectivity index (χ1n) is 10.3. The van der Waals surface area contributed by atoms with Crippen LogP contribution in [0.4, 0.5) is 0 Å². The molecule has 0 radical (unpaired) electrons. The van der Waals surface area contributed by atoms with Gasteiger partial charge in [-0.1, -0.05) is 0 Å². The molecule has 1 aromatic heterocycles. The van der Waals surface area contributed by atoms with Gasteiger partial charge < -0.3 is 15.5 Å². The molecular formula is C18H28N6O4S. The molecule has 0 amide bonds. The smallest absolute Gasteiger partial charge is 0.321 e. The number of carboxylic acids is 2. The second-order valence-corrected chi connectivity index (χ2v) is 8.93. The van der Waals surface area contributed by atoms with Gasteiger partial charge in [-0.2, -0.15) is 17.4 Å². The monoisotopic (exact) mass is 424 g/mol. The number of hydrogen-bond donors (Lipinski definition) is 4. The number of piperidine rings is 1. The van der Waals surface area contributed by atoms with Gasteiger partial charge in [0, 0.05) is 13.1 Å². The van der Waals surface area contributed by atoms with E-state index < -0.39 is 24.0 Å². The Hall–Kier alpha value is -1.72. The van der Waals surface area contributed by atoms with Gasteiger partial charge in [0.2, 0.25) is 0 Å². The summed E-state index contributed by atoms with van der Waals surface area (Å²) in [6.07, 6.45) is 4.21. The van der Waals surface area contributed by atoms with E-state index in [0.717, 1.165) is 32.4 Å². The predicted molar refractivity (Wildman–Crippen MR) is 106 cm³/mol. The topological polar surface area (TPSA) is 133 Å². The molecule has 10 nitrogen and oxygen atoms in total. The Kier molecular flexibility index (Phi) is 6.07. The van der Waals surface area contributed by atoms with Gasteiger partial charge in [-0.25, -0.2) is 0 Å². The number of tetrazole rings is 1. The third-order valence-corrected chi connectivity index (χ3v) is 7.09. The van der Waals surface area contributed by atoms with E-state index in [1.54, 1.807) is 0 Å². The Labute approximate surface area is 174 Å². The zero-order chi connectivity index (χ0) is 20.5. The molecule has 160 valence electrons. The molecule has 3 N–H and O–H groups in total. The van der Waals surface area contributed by atoms with Gasteiger partial charge in [0.1, 0.15) is 12.1 Å². The Balaban J connectivity index is 1.39. The first kappa shape index (κ1) is 20.5. The number of fused-ring (bicyclic) bond motifs is 1. The average molecular weight is 425 g/mol. The summed E-state index contributed by atoms with van der Waals surface area (Å²) in [7, 11) is 0. The number of carbonyl (C=O) groups is 2. The van der Waals surface area contributed by atoms with Crippen molar-refractivity contribution in [3.63, 3.8) is 0 Å². The van der Waals surface area contributed by atoms with Crippen LogP contribution in [0, 0.1) is 17.8 Å². The van der Waals surface area contributed by atoms with Crippen LogP contribution in [0.1, 0.15) is 44.0 Å². The van der Waals surface area contributed by atoms with Crippen LogP contribution in [0.5, 0.6) is 0 Å². The van der Waals surface area contributed by atoms with E-state index >= 15 is 0 Å². The number of rotatable bonds is 6. The highest BCUT2D eigenvalue weighted by Gasteiger charge is 2.42. The van der Waals surface area contributed by atoms with Gasteiger partial charge in [0.25, 0.3) is 0 Å². The van der Waals surface area contributed by atoms with Crippen molar-refractivity contribution < 1.29 is 19.8 Å². The van der Waals surface area contributed by atoms with Crippen LogP contribution in [0.15, 0.2) is 0 Å². The number of nitrogens with zero attached hydrogens (tertiary/aromatic N) is 5. The van der Waals surface area contributed by atoms with E-state index in [0.29, 0.717) is 48.7 Å². The van der Waals surface area contributed by atoms with Crippen LogP contribution in [0.25, 0.3) is 0 Å². The number of aliphatic carboxylic acids is 2. The van der Waals surface area contributed by atoms with Gasteiger partial charge in [-0.15, -0.1) is 10.2 Å². The molecule has 3 aliphatic rings. The lowest BCUT2D eigenvalue weighted by molar-refractivity contribution is -0.143. The second-order valence-electron chi connectivity index (χ2n) is 8.62. The standard InChI is InChI=1S/C18H28N6O4S/c25-17(26)14-4-12-3-10(1-2-11(12)6-19-14)7-23-8-13(5-15(23)18(27)28)24-21-16(9-29)20-22-24/h10-15,19,29H,1-9H2,(H,25,26)(H,27,28)/t10-,11-,12+,13-,14-,15-/m0/s1. The number of aromatic nitrogens is 4. The third-order valence-electron chi connectivity index (χ3n) is 6.81. The van der Waals surface area contributed by atoms with E-state index in [9.17, 15) is 19.8 Å². The lowest BCUT2D eigenvalue weighted by Crippen LogP contribution is -2.50. The van der Waals surface area contributed by atoms with Crippen LogP contribution in [-0.2, 0) is 15.3 Å². The van der Waals surface area contributed by atoms with E-state index in [2.05, 4.69) is 33.4 Å². The lowest BCUT2D eigenvalue weighted by atomic mass is 9.69. The number of hydrogen-bond acceptors (Lipinski definition) is 8. The van der Waals surface area contributed by atoms with E-state index in [1.165, 1.54) is 4.80 Å². The van der Waals surface area contributed by atoms with Crippen molar-refractivity contribution >= 4 is 24.6 Å². The van der Waals surface area contributed by atoms with E-state index in [4.69, 9.17) is 0 Å². The molecule has 0 spiro atoms. The largest absolute Gasteiger partial charge is 0.480 e. The lowest BCUT2D eigenvalue weighted by Gasteiger charge is -2.42. The fourth-order valence-corrected chi connectivity index (χ4v) is 5.45. The zero-order valence-corrected chi connectivity index (χ0v) is 17.1. The second kappa shape index (κ2) is 8.57. The van der Waals surface area contributed by atoms with Crippen LogP contribution in [0.3, 0.4) is 0 Å². The van der Waals surface area contributed by atoms with Crippen molar-refractivity contribution in [2.75, 3.05) is 19.6 Å². The zero-order valence-electron chi connectivity index (χ0n) is 16.2. The Morgan fingerprint density at radius 2 is 1.97 bits per heavy atom. The fourth-order valence-electron chi connectivity index (χ4n) is 5.33. The molecular weight excluding hydrogens is 396 g/mol. The summed E-state index contributed by atoms with van der Waals surface area (Å²) in [5.41, 5.74) is 0. The quantitative estimate of drug-likeness (QED) is 0.475. The molecule has 3 fully saturated rings. The molecule has 1 saturated carbocycles. The molecule has 4 rings (SSSR count). The van der Waals surface area contributed by atoms with Gasteiger partial charge in [0.15, 0.2) is 5.82 Å². The van der Waals surface area contributed by atoms with Gasteiger partial charge in [-0.05, 0) is 61.6 Å². The molecule has 6 atom stereocenters. The molecule has 1 aliphatic carbocycles. The number of likely N-dealkylation sites (tertiary alicyclic amines) is 1. The maximum atomic E-state index is 11.8. The minimum absolute atomic E-state index is 0.108. The van der Waals surface area contributed by atoms with Crippen LogP contribution < -0.4 is 5.32 Å². The van der Waals surface area contributed by atoms with Crippen molar-refractivity contribution in [3.8, 4) is 0 Å². The maximum Gasteiger partial charge on any atom is 0.321 e. The highest BCUT2D eigenvalue weighted by atomic mass is 32.1. The van der Waals surface area contributed by atoms with Gasteiger partial charge in [-0.3, -0.25) is 14.5 Å². The Morgan fingerprint density at radius 3 is 2.66 bits per heavy atom. The first-order valence-corrected chi connectivity index (χ1v) is 10.9. The number of carboxylic acid groups (broad SMARTS) is 2. The Morgan fingerprint density at radius 1 is 1.14 bits per heavy atom. The van der Waals surface area contributed by atoms with Crippen molar-refractivity contribution in [2.24, 2.45) is 17.8 Å². The van der Waals surface area contributed by atoms with Crippen LogP contribution in [0.2, 0.25) is 0 Å². The van der Waals surface area contributed by atoms with Gasteiger partial charge in [0.05, 0.1) is 11.8 Å². The molecule has 29 heavy (non-hydrogen) atoms. The summed E-state index contributed by atoms with van der Waals surface area (Å²) in [4.78, 5) is 26.8. The first-order chi connectivity index (χ1) is 13.9. The van der Waals surface area contributed by atoms with E-state index in [-0.39, 0.29) is 6.04 Å². The summed E-state index contributed by atoms with van der Waals surface area (Å²) < 4.78 is 0. The summed E-state index contributed by atoms with van der Waals surface area (Å²) in [5, 5.41) is 34.5. The van der Waals surface area contributed by atoms with Crippen molar-refractivity contribution in [1.29, 1.82) is 0 Å². The number of thiol groups is 1. The highest BCUT2D eigenvalue weighted by Crippen LogP contribution is 2.40. The molecule has 1 aromatic rings. The van der Waals surface area contributed by atoms with Crippen LogP contribution >= 0.6 is 12.6 Å². The average Bonchev–Trinajstić information content (AvgIpc) is 3.34. The summed E-state index contributed by atoms with van der Waals surface area (Å²) >= 11 is 4.15.